The fraction of sp³-hybridized carbons (Fsp3) is 0.357. The highest BCUT2D eigenvalue weighted by Crippen LogP contribution is 2.28. The van der Waals surface area contributed by atoms with Gasteiger partial charge in [-0.2, -0.15) is 5.10 Å². The van der Waals surface area contributed by atoms with Gasteiger partial charge in [-0.05, 0) is 24.1 Å². The first-order valence-electron chi connectivity index (χ1n) is 6.50. The highest BCUT2D eigenvalue weighted by Gasteiger charge is 2.21. The normalized spacial score (nSPS) is 12.6. The first-order chi connectivity index (χ1) is 10.1. The van der Waals surface area contributed by atoms with Crippen molar-refractivity contribution in [2.45, 2.75) is 19.5 Å². The maximum Gasteiger partial charge on any atom is 0.126 e. The summed E-state index contributed by atoms with van der Waals surface area (Å²) in [7, 11) is 1.61. The van der Waals surface area contributed by atoms with Crippen molar-refractivity contribution in [3.05, 3.63) is 52.1 Å². The Bertz CT molecular complexity index is 617. The standard InChI is InChI=1S/C14H18ClFN4O/c1-9-3-4-10(7-12(9)16)13(19-17)14-11(15)8-18-20(14)5-6-21-2/h3-4,7-8,13,19H,5-6,17H2,1-2H3. The molecule has 7 heteroatoms. The molecule has 0 saturated carbocycles. The summed E-state index contributed by atoms with van der Waals surface area (Å²) in [6.07, 6.45) is 1.54. The number of rotatable bonds is 6. The van der Waals surface area contributed by atoms with Crippen LogP contribution in [-0.4, -0.2) is 23.5 Å². The van der Waals surface area contributed by atoms with Crippen LogP contribution in [0.1, 0.15) is 22.9 Å². The van der Waals surface area contributed by atoms with Crippen molar-refractivity contribution in [1.29, 1.82) is 0 Å². The van der Waals surface area contributed by atoms with Gasteiger partial charge in [0.15, 0.2) is 0 Å². The maximum absolute atomic E-state index is 13.8. The smallest absolute Gasteiger partial charge is 0.126 e. The molecule has 0 spiro atoms. The average molecular weight is 313 g/mol. The van der Waals surface area contributed by atoms with Gasteiger partial charge in [0.05, 0.1) is 36.1 Å². The SMILES string of the molecule is COCCn1ncc(Cl)c1C(NN)c1ccc(C)c(F)c1. The first-order valence-corrected chi connectivity index (χ1v) is 6.88. The summed E-state index contributed by atoms with van der Waals surface area (Å²) >= 11 is 6.20. The zero-order valence-corrected chi connectivity index (χ0v) is 12.7. The summed E-state index contributed by atoms with van der Waals surface area (Å²) in [5.41, 5.74) is 4.61. The van der Waals surface area contributed by atoms with Crippen LogP contribution >= 0.6 is 11.6 Å². The van der Waals surface area contributed by atoms with E-state index in [1.54, 1.807) is 31.0 Å². The Hall–Kier alpha value is -1.47. The number of methoxy groups -OCH3 is 1. The zero-order chi connectivity index (χ0) is 15.4. The van der Waals surface area contributed by atoms with Crippen LogP contribution < -0.4 is 11.3 Å². The van der Waals surface area contributed by atoms with Gasteiger partial charge in [0.2, 0.25) is 0 Å². The van der Waals surface area contributed by atoms with Crippen LogP contribution in [0.2, 0.25) is 5.02 Å². The molecule has 0 bridgehead atoms. The molecule has 0 aliphatic heterocycles. The maximum atomic E-state index is 13.8. The lowest BCUT2D eigenvalue weighted by molar-refractivity contribution is 0.182. The summed E-state index contributed by atoms with van der Waals surface area (Å²) < 4.78 is 20.5. The van der Waals surface area contributed by atoms with Gasteiger partial charge in [0.25, 0.3) is 0 Å². The highest BCUT2D eigenvalue weighted by atomic mass is 35.5. The van der Waals surface area contributed by atoms with Crippen LogP contribution in [0, 0.1) is 12.7 Å². The molecule has 1 aromatic heterocycles. The van der Waals surface area contributed by atoms with Crippen molar-refractivity contribution >= 4 is 11.6 Å². The third-order valence-electron chi connectivity index (χ3n) is 3.31. The van der Waals surface area contributed by atoms with E-state index in [9.17, 15) is 4.39 Å². The molecule has 0 radical (unpaired) electrons. The molecule has 21 heavy (non-hydrogen) atoms. The molecule has 0 aliphatic carbocycles. The molecule has 114 valence electrons. The summed E-state index contributed by atoms with van der Waals surface area (Å²) in [4.78, 5) is 0. The molecule has 5 nitrogen and oxygen atoms in total. The summed E-state index contributed by atoms with van der Waals surface area (Å²) in [5, 5.41) is 4.67. The second kappa shape index (κ2) is 7.00. The molecule has 0 aliphatic rings. The zero-order valence-electron chi connectivity index (χ0n) is 11.9. The van der Waals surface area contributed by atoms with Crippen molar-refractivity contribution in [3.8, 4) is 0 Å². The number of nitrogens with zero attached hydrogens (tertiary/aromatic N) is 2. The topological polar surface area (TPSA) is 65.1 Å². The van der Waals surface area contributed by atoms with Crippen molar-refractivity contribution in [1.82, 2.24) is 15.2 Å². The van der Waals surface area contributed by atoms with Crippen molar-refractivity contribution in [2.75, 3.05) is 13.7 Å². The molecule has 1 unspecified atom stereocenters. The minimum Gasteiger partial charge on any atom is -0.383 e. The van der Waals surface area contributed by atoms with Gasteiger partial charge in [-0.1, -0.05) is 23.7 Å². The quantitative estimate of drug-likeness (QED) is 0.634. The van der Waals surface area contributed by atoms with E-state index in [1.165, 1.54) is 6.07 Å². The molecule has 0 fully saturated rings. The number of ether oxygens (including phenoxy) is 1. The Kier molecular flexibility index (Phi) is 5.30. The van der Waals surface area contributed by atoms with Crippen LogP contribution in [0.15, 0.2) is 24.4 Å². The van der Waals surface area contributed by atoms with Gasteiger partial charge in [0, 0.05) is 7.11 Å². The van der Waals surface area contributed by atoms with Crippen LogP contribution in [0.5, 0.6) is 0 Å². The van der Waals surface area contributed by atoms with Gasteiger partial charge in [0.1, 0.15) is 5.82 Å². The molecule has 2 rings (SSSR count). The average Bonchev–Trinajstić information content (AvgIpc) is 2.83. The van der Waals surface area contributed by atoms with Crippen molar-refractivity contribution in [3.63, 3.8) is 0 Å². The van der Waals surface area contributed by atoms with Gasteiger partial charge in [-0.3, -0.25) is 10.5 Å². The van der Waals surface area contributed by atoms with Gasteiger partial charge in [-0.25, -0.2) is 9.82 Å². The molecule has 1 heterocycles. The van der Waals surface area contributed by atoms with Gasteiger partial charge < -0.3 is 4.74 Å². The van der Waals surface area contributed by atoms with E-state index in [0.717, 1.165) is 0 Å². The first kappa shape index (κ1) is 15.9. The lowest BCUT2D eigenvalue weighted by Crippen LogP contribution is -2.31. The van der Waals surface area contributed by atoms with Crippen molar-refractivity contribution in [2.24, 2.45) is 5.84 Å². The second-order valence-electron chi connectivity index (χ2n) is 4.70. The largest absolute Gasteiger partial charge is 0.383 e. The Morgan fingerprint density at radius 2 is 2.29 bits per heavy atom. The summed E-state index contributed by atoms with van der Waals surface area (Å²) in [6, 6.07) is 4.52. The minimum absolute atomic E-state index is 0.285. The van der Waals surface area contributed by atoms with E-state index in [2.05, 4.69) is 10.5 Å². The van der Waals surface area contributed by atoms with Crippen LogP contribution in [-0.2, 0) is 11.3 Å². The lowest BCUT2D eigenvalue weighted by atomic mass is 10.0. The predicted molar refractivity (Wildman–Crippen MR) is 79.4 cm³/mol. The number of benzene rings is 1. The van der Waals surface area contributed by atoms with E-state index in [0.29, 0.717) is 35.0 Å². The molecule has 0 amide bonds. The van der Waals surface area contributed by atoms with E-state index < -0.39 is 6.04 Å². The van der Waals surface area contributed by atoms with E-state index in [-0.39, 0.29) is 5.82 Å². The Morgan fingerprint density at radius 3 is 2.90 bits per heavy atom. The highest BCUT2D eigenvalue weighted by molar-refractivity contribution is 6.31. The number of hydrogen-bond donors (Lipinski definition) is 2. The third-order valence-corrected chi connectivity index (χ3v) is 3.60. The molecular weight excluding hydrogens is 295 g/mol. The molecular formula is C14H18ClFN4O. The van der Waals surface area contributed by atoms with E-state index in [4.69, 9.17) is 22.2 Å². The van der Waals surface area contributed by atoms with Crippen LogP contribution in [0.4, 0.5) is 4.39 Å². The number of halogens is 2. The number of aryl methyl sites for hydroxylation is 1. The fourth-order valence-corrected chi connectivity index (χ4v) is 2.39. The number of nitrogens with one attached hydrogen (secondary N) is 1. The minimum atomic E-state index is -0.452. The Balaban J connectivity index is 2.40. The monoisotopic (exact) mass is 312 g/mol. The van der Waals surface area contributed by atoms with E-state index in [1.807, 2.05) is 6.07 Å². The molecule has 1 atom stereocenters. The Labute approximate surface area is 127 Å². The Morgan fingerprint density at radius 1 is 1.52 bits per heavy atom. The van der Waals surface area contributed by atoms with Crippen molar-refractivity contribution < 1.29 is 9.13 Å². The van der Waals surface area contributed by atoms with E-state index >= 15 is 0 Å². The number of hydrogen-bond acceptors (Lipinski definition) is 4. The van der Waals surface area contributed by atoms with Gasteiger partial charge >= 0.3 is 0 Å². The number of nitrogens with two attached hydrogens (primary N) is 1. The predicted octanol–water partition coefficient (Wildman–Crippen LogP) is 2.18. The molecule has 2 aromatic rings. The number of aromatic nitrogens is 2. The summed E-state index contributed by atoms with van der Waals surface area (Å²) in [6.45, 7) is 2.73. The number of hydrazine groups is 1. The third kappa shape index (κ3) is 3.41. The molecule has 3 N–H and O–H groups in total. The molecule has 1 aromatic carbocycles. The lowest BCUT2D eigenvalue weighted by Gasteiger charge is -2.19. The fourth-order valence-electron chi connectivity index (χ4n) is 2.14. The van der Waals surface area contributed by atoms with Crippen LogP contribution in [0.3, 0.4) is 0 Å². The van der Waals surface area contributed by atoms with Gasteiger partial charge in [-0.15, -0.1) is 0 Å². The molecule has 0 saturated heterocycles. The summed E-state index contributed by atoms with van der Waals surface area (Å²) in [5.74, 6) is 5.36. The second-order valence-corrected chi connectivity index (χ2v) is 5.11. The van der Waals surface area contributed by atoms with Crippen LogP contribution in [0.25, 0.3) is 0 Å².